The average Bonchev–Trinajstić information content (AvgIpc) is 3.02. The number of anilines is 1. The summed E-state index contributed by atoms with van der Waals surface area (Å²) in [5, 5.41) is -0.0986. The predicted octanol–water partition coefficient (Wildman–Crippen LogP) is 5.19. The van der Waals surface area contributed by atoms with Gasteiger partial charge in [-0.05, 0) is 54.4 Å². The summed E-state index contributed by atoms with van der Waals surface area (Å²) in [5.74, 6) is 0.311. The van der Waals surface area contributed by atoms with Crippen molar-refractivity contribution in [1.29, 1.82) is 0 Å². The molecule has 2 amide bonds. The van der Waals surface area contributed by atoms with Gasteiger partial charge in [-0.1, -0.05) is 54.1 Å². The first-order valence-electron chi connectivity index (χ1n) is 9.87. The summed E-state index contributed by atoms with van der Waals surface area (Å²) < 4.78 is 11.2. The lowest BCUT2D eigenvalue weighted by atomic mass is 10.1. The number of nitrogens with zero attached hydrogens (tertiary/aromatic N) is 1. The highest BCUT2D eigenvalue weighted by Crippen LogP contribution is 2.35. The van der Waals surface area contributed by atoms with Crippen LogP contribution >= 0.6 is 11.6 Å². The van der Waals surface area contributed by atoms with Gasteiger partial charge in [0.2, 0.25) is 0 Å². The molecule has 31 heavy (non-hydrogen) atoms. The highest BCUT2D eigenvalue weighted by atomic mass is 35.5. The number of rotatable bonds is 7. The number of imide groups is 1. The van der Waals surface area contributed by atoms with Gasteiger partial charge in [-0.3, -0.25) is 9.59 Å². The maximum atomic E-state index is 13.0. The van der Waals surface area contributed by atoms with Crippen LogP contribution < -0.4 is 14.4 Å². The number of carbonyl (C=O) groups is 2. The number of ether oxygens (including phenoxy) is 2. The minimum atomic E-state index is -0.548. The molecule has 0 radical (unpaired) electrons. The molecule has 1 aliphatic heterocycles. The first-order chi connectivity index (χ1) is 15.1. The Kier molecular flexibility index (Phi) is 6.05. The van der Waals surface area contributed by atoms with Gasteiger partial charge in [0.1, 0.15) is 23.1 Å². The Balaban J connectivity index is 1.50. The molecule has 0 spiro atoms. The molecule has 0 unspecified atom stereocenters. The summed E-state index contributed by atoms with van der Waals surface area (Å²) >= 11 is 6.26. The Morgan fingerprint density at radius 2 is 1.39 bits per heavy atom. The number of hydrogen-bond acceptors (Lipinski definition) is 4. The van der Waals surface area contributed by atoms with Crippen LogP contribution in [0.5, 0.6) is 11.5 Å². The van der Waals surface area contributed by atoms with Crippen LogP contribution in [0.25, 0.3) is 5.57 Å². The zero-order chi connectivity index (χ0) is 21.8. The van der Waals surface area contributed by atoms with E-state index >= 15 is 0 Å². The van der Waals surface area contributed by atoms with E-state index in [0.717, 1.165) is 10.5 Å². The van der Waals surface area contributed by atoms with E-state index in [1.54, 1.807) is 48.5 Å². The van der Waals surface area contributed by atoms with Crippen molar-refractivity contribution < 1.29 is 19.1 Å². The van der Waals surface area contributed by atoms with Crippen molar-refractivity contribution in [2.45, 2.75) is 13.5 Å². The minimum Gasteiger partial charge on any atom is -0.494 e. The van der Waals surface area contributed by atoms with Crippen molar-refractivity contribution in [3.8, 4) is 11.5 Å². The van der Waals surface area contributed by atoms with E-state index in [1.165, 1.54) is 0 Å². The molecule has 0 aliphatic carbocycles. The van der Waals surface area contributed by atoms with Gasteiger partial charge in [0, 0.05) is 0 Å². The molecule has 156 valence electrons. The normalized spacial score (nSPS) is 13.7. The number of halogens is 1. The number of hydrogen-bond donors (Lipinski definition) is 0. The van der Waals surface area contributed by atoms with Gasteiger partial charge < -0.3 is 9.47 Å². The van der Waals surface area contributed by atoms with Crippen molar-refractivity contribution in [2.24, 2.45) is 0 Å². The van der Waals surface area contributed by atoms with E-state index in [-0.39, 0.29) is 10.6 Å². The molecule has 0 saturated heterocycles. The monoisotopic (exact) mass is 433 g/mol. The fourth-order valence-corrected chi connectivity index (χ4v) is 3.58. The molecular formula is C25H20ClNO4. The quantitative estimate of drug-likeness (QED) is 0.481. The summed E-state index contributed by atoms with van der Waals surface area (Å²) in [6.07, 6.45) is 0. The van der Waals surface area contributed by atoms with Crippen LogP contribution in [0.4, 0.5) is 5.69 Å². The topological polar surface area (TPSA) is 55.8 Å². The third-order valence-corrected chi connectivity index (χ3v) is 5.18. The summed E-state index contributed by atoms with van der Waals surface area (Å²) in [5.41, 5.74) is 2.23. The Labute approximate surface area is 185 Å². The zero-order valence-electron chi connectivity index (χ0n) is 16.9. The fourth-order valence-electron chi connectivity index (χ4n) is 3.30. The van der Waals surface area contributed by atoms with Gasteiger partial charge in [-0.15, -0.1) is 0 Å². The third kappa shape index (κ3) is 4.32. The summed E-state index contributed by atoms with van der Waals surface area (Å²) in [6, 6.07) is 23.5. The molecule has 3 aromatic carbocycles. The number of carbonyl (C=O) groups excluding carboxylic acids is 2. The van der Waals surface area contributed by atoms with Crippen LogP contribution in [0.1, 0.15) is 18.1 Å². The molecule has 0 fully saturated rings. The van der Waals surface area contributed by atoms with Crippen LogP contribution in [0, 0.1) is 0 Å². The molecule has 0 bridgehead atoms. The van der Waals surface area contributed by atoms with E-state index in [9.17, 15) is 9.59 Å². The lowest BCUT2D eigenvalue weighted by Crippen LogP contribution is -2.31. The summed E-state index contributed by atoms with van der Waals surface area (Å²) in [4.78, 5) is 26.8. The maximum absolute atomic E-state index is 13.0. The van der Waals surface area contributed by atoms with Crippen molar-refractivity contribution in [3.05, 3.63) is 95.0 Å². The minimum absolute atomic E-state index is 0.0986. The van der Waals surface area contributed by atoms with Crippen molar-refractivity contribution >= 4 is 34.7 Å². The predicted molar refractivity (Wildman–Crippen MR) is 120 cm³/mol. The molecule has 0 atom stereocenters. The largest absolute Gasteiger partial charge is 0.494 e. The van der Waals surface area contributed by atoms with E-state index in [1.807, 2.05) is 37.3 Å². The fraction of sp³-hybridized carbons (Fsp3) is 0.120. The van der Waals surface area contributed by atoms with Crippen LogP contribution in [0.2, 0.25) is 0 Å². The van der Waals surface area contributed by atoms with Gasteiger partial charge in [0.15, 0.2) is 0 Å². The molecule has 4 rings (SSSR count). The smallest absolute Gasteiger partial charge is 0.277 e. The van der Waals surface area contributed by atoms with Gasteiger partial charge in [0.05, 0.1) is 17.9 Å². The molecule has 1 aliphatic rings. The Morgan fingerprint density at radius 1 is 0.774 bits per heavy atom. The molecule has 0 saturated carbocycles. The molecule has 6 heteroatoms. The number of benzene rings is 3. The Hall–Kier alpha value is -3.57. The van der Waals surface area contributed by atoms with Crippen LogP contribution in [-0.4, -0.2) is 18.4 Å². The first kappa shape index (κ1) is 20.7. The van der Waals surface area contributed by atoms with E-state index in [0.29, 0.717) is 36.0 Å². The Morgan fingerprint density at radius 3 is 2.03 bits per heavy atom. The number of amides is 2. The molecule has 0 aromatic heterocycles. The van der Waals surface area contributed by atoms with Crippen LogP contribution in [-0.2, 0) is 16.2 Å². The Bertz CT molecular complexity index is 1120. The molecule has 1 heterocycles. The van der Waals surface area contributed by atoms with Crippen molar-refractivity contribution in [2.75, 3.05) is 11.5 Å². The molecule has 3 aromatic rings. The van der Waals surface area contributed by atoms with Gasteiger partial charge >= 0.3 is 0 Å². The van der Waals surface area contributed by atoms with Crippen molar-refractivity contribution in [3.63, 3.8) is 0 Å². The van der Waals surface area contributed by atoms with E-state index in [2.05, 4.69) is 0 Å². The van der Waals surface area contributed by atoms with Crippen LogP contribution in [0.3, 0.4) is 0 Å². The highest BCUT2D eigenvalue weighted by molar-refractivity contribution is 6.60. The van der Waals surface area contributed by atoms with E-state index in [4.69, 9.17) is 21.1 Å². The maximum Gasteiger partial charge on any atom is 0.277 e. The van der Waals surface area contributed by atoms with Crippen LogP contribution in [0.15, 0.2) is 83.9 Å². The van der Waals surface area contributed by atoms with Gasteiger partial charge in [-0.2, -0.15) is 0 Å². The standard InChI is InChI=1S/C25H20ClNO4/c1-2-30-20-12-8-18(9-13-20)22-23(26)25(29)27(24(22)28)19-10-14-21(15-11-19)31-16-17-6-4-3-5-7-17/h3-15H,2,16H2,1H3. The molecule has 0 N–H and O–H groups in total. The average molecular weight is 434 g/mol. The van der Waals surface area contributed by atoms with E-state index < -0.39 is 11.8 Å². The van der Waals surface area contributed by atoms with Gasteiger partial charge in [-0.25, -0.2) is 4.90 Å². The lowest BCUT2D eigenvalue weighted by molar-refractivity contribution is -0.119. The first-order valence-corrected chi connectivity index (χ1v) is 10.2. The highest BCUT2D eigenvalue weighted by Gasteiger charge is 2.39. The van der Waals surface area contributed by atoms with Gasteiger partial charge in [0.25, 0.3) is 11.8 Å². The molecular weight excluding hydrogens is 414 g/mol. The second-order valence-corrected chi connectivity index (χ2v) is 7.24. The second-order valence-electron chi connectivity index (χ2n) is 6.86. The second kappa shape index (κ2) is 9.06. The summed E-state index contributed by atoms with van der Waals surface area (Å²) in [6.45, 7) is 2.86. The van der Waals surface area contributed by atoms with Crippen molar-refractivity contribution in [1.82, 2.24) is 0 Å². The third-order valence-electron chi connectivity index (χ3n) is 4.82. The zero-order valence-corrected chi connectivity index (χ0v) is 17.6. The molecule has 5 nitrogen and oxygen atoms in total. The lowest BCUT2D eigenvalue weighted by Gasteiger charge is -2.15. The summed E-state index contributed by atoms with van der Waals surface area (Å²) in [7, 11) is 0. The SMILES string of the molecule is CCOc1ccc(C2=C(Cl)C(=O)N(c3ccc(OCc4ccccc4)cc3)C2=O)cc1.